The summed E-state index contributed by atoms with van der Waals surface area (Å²) in [5.41, 5.74) is 9.17. The molecular formula is C44H51N5O5. The molecular weight excluding hydrogens is 679 g/mol. The Morgan fingerprint density at radius 3 is 2.22 bits per heavy atom. The first kappa shape index (κ1) is 38.4. The molecule has 1 aliphatic heterocycles. The van der Waals surface area contributed by atoms with Crippen LogP contribution >= 0.6 is 0 Å². The number of carbonyl (C=O) groups excluding carboxylic acids is 2. The minimum atomic E-state index is -0.938. The highest BCUT2D eigenvalue weighted by atomic mass is 16.5. The Bertz CT molecular complexity index is 1980. The van der Waals surface area contributed by atoms with Crippen LogP contribution < -0.4 is 26.7 Å². The third kappa shape index (κ3) is 9.25. The molecule has 0 saturated carbocycles. The van der Waals surface area contributed by atoms with Gasteiger partial charge in [0.25, 0.3) is 0 Å². The van der Waals surface area contributed by atoms with E-state index in [1.807, 2.05) is 97.1 Å². The lowest BCUT2D eigenvalue weighted by Crippen LogP contribution is -2.49. The van der Waals surface area contributed by atoms with Gasteiger partial charge in [0.05, 0.1) is 11.6 Å². The molecule has 6 rings (SSSR count). The number of fused-ring (bicyclic) bond motifs is 1. The molecule has 0 radical (unpaired) electrons. The minimum absolute atomic E-state index is 0.00669. The van der Waals surface area contributed by atoms with Crippen LogP contribution in [0.4, 0.5) is 0 Å². The molecule has 4 aromatic carbocycles. The number of unbranched alkanes of at least 4 members (excludes halogenated alkanes) is 2. The van der Waals surface area contributed by atoms with Crippen LogP contribution in [0.3, 0.4) is 0 Å². The van der Waals surface area contributed by atoms with Gasteiger partial charge in [-0.05, 0) is 72.7 Å². The number of likely N-dealkylation sites (tertiary alicyclic amines) is 1. The quantitative estimate of drug-likeness (QED) is 0.0734. The van der Waals surface area contributed by atoms with Gasteiger partial charge in [-0.25, -0.2) is 0 Å². The van der Waals surface area contributed by atoms with E-state index in [4.69, 9.17) is 10.5 Å². The van der Waals surface area contributed by atoms with Gasteiger partial charge < -0.3 is 36.1 Å². The second-order valence-electron chi connectivity index (χ2n) is 14.1. The molecule has 2 amide bonds. The van der Waals surface area contributed by atoms with Crippen molar-refractivity contribution < 1.29 is 19.4 Å². The molecule has 0 unspecified atom stereocenters. The van der Waals surface area contributed by atoms with Crippen LogP contribution in [0.5, 0.6) is 5.75 Å². The van der Waals surface area contributed by atoms with Crippen molar-refractivity contribution in [3.05, 3.63) is 148 Å². The predicted octanol–water partition coefficient (Wildman–Crippen LogP) is 5.20. The van der Waals surface area contributed by atoms with Crippen LogP contribution in [-0.4, -0.2) is 66.1 Å². The molecule has 5 aromatic rings. The molecule has 10 nitrogen and oxygen atoms in total. The molecule has 0 aliphatic carbocycles. The molecule has 2 atom stereocenters. The van der Waals surface area contributed by atoms with E-state index in [9.17, 15) is 19.5 Å². The second-order valence-corrected chi connectivity index (χ2v) is 14.1. The number of primary amides is 1. The standard InChI is InChI=1S/C44H51N5O5/c45-43(53)44(33-15-7-2-8-16-33,34-17-9-3-10-18-34)35-23-27-49(30-35)28-24-40(51)47-26-12-4-11-25-46-29-38(50)36-19-21-39(42-37(36)20-22-41(52)48-42)54-31-32-13-5-1-6-14-32/h1-3,5-10,13-22,35,38,46,50H,4,11-12,23-31H2,(H2,45,53)(H,47,51)(H,48,52)/t35-,38+/m1/s1. The van der Waals surface area contributed by atoms with Crippen LogP contribution in [-0.2, 0) is 21.6 Å². The number of hydrogen-bond acceptors (Lipinski definition) is 7. The number of amides is 2. The van der Waals surface area contributed by atoms with E-state index in [1.54, 1.807) is 12.1 Å². The van der Waals surface area contributed by atoms with Gasteiger partial charge >= 0.3 is 0 Å². The van der Waals surface area contributed by atoms with E-state index in [0.29, 0.717) is 56.0 Å². The van der Waals surface area contributed by atoms with Crippen molar-refractivity contribution in [3.8, 4) is 5.75 Å². The zero-order valence-electron chi connectivity index (χ0n) is 30.7. The maximum atomic E-state index is 13.3. The van der Waals surface area contributed by atoms with E-state index in [-0.39, 0.29) is 23.3 Å². The monoisotopic (exact) mass is 729 g/mol. The largest absolute Gasteiger partial charge is 0.487 e. The van der Waals surface area contributed by atoms with Gasteiger partial charge in [-0.15, -0.1) is 0 Å². The maximum absolute atomic E-state index is 13.3. The van der Waals surface area contributed by atoms with Crippen LogP contribution in [0.25, 0.3) is 10.9 Å². The van der Waals surface area contributed by atoms with Gasteiger partial charge in [-0.3, -0.25) is 14.4 Å². The molecule has 1 aliphatic rings. The van der Waals surface area contributed by atoms with Crippen LogP contribution in [0.1, 0.15) is 60.5 Å². The fraction of sp³-hybridized carbons (Fsp3) is 0.341. The van der Waals surface area contributed by atoms with E-state index in [2.05, 4.69) is 20.5 Å². The highest BCUT2D eigenvalue weighted by Crippen LogP contribution is 2.43. The summed E-state index contributed by atoms with van der Waals surface area (Å²) in [6, 6.07) is 36.3. The zero-order valence-corrected chi connectivity index (χ0v) is 30.7. The lowest BCUT2D eigenvalue weighted by Gasteiger charge is -2.37. The number of pyridine rings is 1. The summed E-state index contributed by atoms with van der Waals surface area (Å²) in [6.45, 7) is 4.19. The number of nitrogens with zero attached hydrogens (tertiary/aromatic N) is 1. The normalized spacial score (nSPS) is 15.2. The van der Waals surface area contributed by atoms with Crippen molar-refractivity contribution in [2.75, 3.05) is 39.3 Å². The summed E-state index contributed by atoms with van der Waals surface area (Å²) in [5, 5.41) is 18.2. The number of hydrogen-bond donors (Lipinski definition) is 5. The number of rotatable bonds is 19. The number of aromatic nitrogens is 1. The third-order valence-corrected chi connectivity index (χ3v) is 10.6. The Balaban J connectivity index is 0.897. The summed E-state index contributed by atoms with van der Waals surface area (Å²) >= 11 is 0. The average molecular weight is 730 g/mol. The van der Waals surface area contributed by atoms with Crippen molar-refractivity contribution >= 4 is 22.7 Å². The molecule has 0 bridgehead atoms. The molecule has 10 heteroatoms. The number of carbonyl (C=O) groups is 2. The summed E-state index contributed by atoms with van der Waals surface area (Å²) in [4.78, 5) is 43.4. The average Bonchev–Trinajstić information content (AvgIpc) is 3.67. The minimum Gasteiger partial charge on any atom is -0.487 e. The Kier molecular flexibility index (Phi) is 13.3. The van der Waals surface area contributed by atoms with Crippen molar-refractivity contribution in [2.24, 2.45) is 11.7 Å². The molecule has 1 saturated heterocycles. The predicted molar refractivity (Wildman–Crippen MR) is 212 cm³/mol. The summed E-state index contributed by atoms with van der Waals surface area (Å²) in [6.07, 6.45) is 3.14. The highest BCUT2D eigenvalue weighted by molar-refractivity contribution is 5.91. The zero-order chi connectivity index (χ0) is 37.8. The van der Waals surface area contributed by atoms with E-state index in [1.165, 1.54) is 6.07 Å². The van der Waals surface area contributed by atoms with Gasteiger partial charge in [0, 0.05) is 44.1 Å². The number of benzene rings is 4. The molecule has 282 valence electrons. The van der Waals surface area contributed by atoms with Gasteiger partial charge in [-0.2, -0.15) is 0 Å². The van der Waals surface area contributed by atoms with Gasteiger partial charge in [0.2, 0.25) is 17.4 Å². The molecule has 2 heterocycles. The van der Waals surface area contributed by atoms with Crippen molar-refractivity contribution in [2.45, 2.75) is 50.2 Å². The Morgan fingerprint density at radius 1 is 0.870 bits per heavy atom. The SMILES string of the molecule is NC(=O)C(c1ccccc1)(c1ccccc1)[C@@H]1CCN(CCC(=O)NCCCCCNC[C@H](O)c2ccc(OCc3ccccc3)c3[nH]c(=O)ccc23)C1. The smallest absolute Gasteiger partial charge is 0.248 e. The number of aliphatic hydroxyl groups excluding tert-OH is 1. The van der Waals surface area contributed by atoms with Crippen molar-refractivity contribution in [1.29, 1.82) is 0 Å². The number of ether oxygens (including phenoxy) is 1. The number of aromatic amines is 1. The Morgan fingerprint density at radius 2 is 1.54 bits per heavy atom. The van der Waals surface area contributed by atoms with Crippen LogP contribution in [0.2, 0.25) is 0 Å². The third-order valence-electron chi connectivity index (χ3n) is 10.6. The first-order chi connectivity index (χ1) is 26.4. The van der Waals surface area contributed by atoms with E-state index < -0.39 is 11.5 Å². The second kappa shape index (κ2) is 18.6. The molecule has 6 N–H and O–H groups in total. The van der Waals surface area contributed by atoms with Gasteiger partial charge in [0.1, 0.15) is 17.8 Å². The highest BCUT2D eigenvalue weighted by Gasteiger charge is 2.49. The van der Waals surface area contributed by atoms with Crippen LogP contribution in [0.15, 0.2) is 120 Å². The maximum Gasteiger partial charge on any atom is 0.248 e. The first-order valence-electron chi connectivity index (χ1n) is 19.0. The van der Waals surface area contributed by atoms with E-state index in [0.717, 1.165) is 60.8 Å². The molecule has 54 heavy (non-hydrogen) atoms. The Hall–Kier alpha value is -5.29. The summed E-state index contributed by atoms with van der Waals surface area (Å²) in [5.74, 6) is 0.227. The number of aliphatic hydroxyl groups is 1. The topological polar surface area (TPSA) is 150 Å². The lowest BCUT2D eigenvalue weighted by molar-refractivity contribution is -0.124. The van der Waals surface area contributed by atoms with Crippen molar-refractivity contribution in [1.82, 2.24) is 20.5 Å². The van der Waals surface area contributed by atoms with Crippen LogP contribution in [0, 0.1) is 5.92 Å². The number of H-pyrrole nitrogens is 1. The van der Waals surface area contributed by atoms with Gasteiger partial charge in [-0.1, -0.05) is 103 Å². The summed E-state index contributed by atoms with van der Waals surface area (Å²) < 4.78 is 6.03. The Labute approximate surface area is 316 Å². The fourth-order valence-electron chi connectivity index (χ4n) is 7.79. The lowest BCUT2D eigenvalue weighted by atomic mass is 9.64. The molecule has 1 fully saturated rings. The van der Waals surface area contributed by atoms with Gasteiger partial charge in [0.15, 0.2) is 0 Å². The number of nitrogens with two attached hydrogens (primary N) is 1. The molecule has 1 aromatic heterocycles. The van der Waals surface area contributed by atoms with E-state index >= 15 is 0 Å². The van der Waals surface area contributed by atoms with Crippen molar-refractivity contribution in [3.63, 3.8) is 0 Å². The first-order valence-corrected chi connectivity index (χ1v) is 19.0. The summed E-state index contributed by atoms with van der Waals surface area (Å²) in [7, 11) is 0. The number of nitrogens with one attached hydrogen (secondary N) is 3. The molecule has 0 spiro atoms. The fourth-order valence-corrected chi connectivity index (χ4v) is 7.79.